The summed E-state index contributed by atoms with van der Waals surface area (Å²) < 4.78 is 5.18. The van der Waals surface area contributed by atoms with Crippen LogP contribution in [0.5, 0.6) is 5.75 Å². The van der Waals surface area contributed by atoms with E-state index in [1.54, 1.807) is 20.1 Å². The number of benzene rings is 1. The summed E-state index contributed by atoms with van der Waals surface area (Å²) in [5.41, 5.74) is 6.59. The van der Waals surface area contributed by atoms with Gasteiger partial charge in [0.05, 0.1) is 12.8 Å². The van der Waals surface area contributed by atoms with Crippen LogP contribution in [0.4, 0.5) is 10.5 Å². The first kappa shape index (κ1) is 13.8. The molecular formula is C12H17N3O3. The van der Waals surface area contributed by atoms with Crippen LogP contribution in [0.15, 0.2) is 18.2 Å². The molecule has 0 radical (unpaired) electrons. The van der Waals surface area contributed by atoms with Gasteiger partial charge in [-0.05, 0) is 31.5 Å². The van der Waals surface area contributed by atoms with Gasteiger partial charge >= 0.3 is 6.03 Å². The Morgan fingerprint density at radius 1 is 1.39 bits per heavy atom. The number of carbonyl (C=O) groups excluding carboxylic acids is 2. The molecule has 0 heterocycles. The molecular weight excluding hydrogens is 234 g/mol. The van der Waals surface area contributed by atoms with Crippen LogP contribution >= 0.6 is 0 Å². The van der Waals surface area contributed by atoms with E-state index in [4.69, 9.17) is 10.5 Å². The summed E-state index contributed by atoms with van der Waals surface area (Å²) in [6.45, 7) is 3.55. The number of hydrogen-bond acceptors (Lipinski definition) is 4. The molecule has 4 N–H and O–H groups in total. The van der Waals surface area contributed by atoms with Crippen LogP contribution in [0.1, 0.15) is 12.5 Å². The molecule has 0 spiro atoms. The summed E-state index contributed by atoms with van der Waals surface area (Å²) in [6.07, 6.45) is 0. The van der Waals surface area contributed by atoms with Crippen molar-refractivity contribution < 1.29 is 14.3 Å². The molecule has 0 aliphatic heterocycles. The average Bonchev–Trinajstić information content (AvgIpc) is 2.28. The van der Waals surface area contributed by atoms with Crippen molar-refractivity contribution in [1.82, 2.24) is 5.32 Å². The van der Waals surface area contributed by atoms with E-state index in [0.717, 1.165) is 5.56 Å². The molecule has 0 aliphatic rings. The summed E-state index contributed by atoms with van der Waals surface area (Å²) in [5, 5.41) is 4.97. The van der Waals surface area contributed by atoms with Gasteiger partial charge in [-0.25, -0.2) is 4.79 Å². The minimum atomic E-state index is -0.871. The first-order valence-corrected chi connectivity index (χ1v) is 5.45. The molecule has 0 saturated carbocycles. The maximum Gasteiger partial charge on any atom is 0.318 e. The Morgan fingerprint density at radius 2 is 2.06 bits per heavy atom. The number of nitrogens with one attached hydrogen (secondary N) is 2. The number of hydrogen-bond donors (Lipinski definition) is 3. The van der Waals surface area contributed by atoms with Gasteiger partial charge in [0.2, 0.25) is 5.91 Å². The minimum Gasteiger partial charge on any atom is -0.495 e. The molecule has 0 bridgehead atoms. The second-order valence-corrected chi connectivity index (χ2v) is 3.92. The Balaban J connectivity index is 2.80. The third-order valence-corrected chi connectivity index (χ3v) is 2.37. The summed E-state index contributed by atoms with van der Waals surface area (Å²) in [5.74, 6) is 0.130. The standard InChI is InChI=1S/C12H17N3O3/c1-7-4-5-10(18-3)9(6-7)14-8(2)11(16)15-12(13)17/h4-6,8,14H,1-3H3,(H3,13,15,16,17)/t8-/m0/s1. The normalized spacial score (nSPS) is 11.5. The lowest BCUT2D eigenvalue weighted by molar-refractivity contribution is -0.120. The Bertz CT molecular complexity index is 460. The maximum absolute atomic E-state index is 11.5. The molecule has 98 valence electrons. The molecule has 1 aromatic carbocycles. The van der Waals surface area contributed by atoms with Crippen LogP contribution in [0.25, 0.3) is 0 Å². The first-order valence-electron chi connectivity index (χ1n) is 5.45. The number of urea groups is 1. The molecule has 0 saturated heterocycles. The van der Waals surface area contributed by atoms with Gasteiger partial charge in [-0.1, -0.05) is 6.07 Å². The van der Waals surface area contributed by atoms with Gasteiger partial charge < -0.3 is 15.8 Å². The number of carbonyl (C=O) groups is 2. The van der Waals surface area contributed by atoms with Crippen LogP contribution in [0.3, 0.4) is 0 Å². The van der Waals surface area contributed by atoms with Crippen molar-refractivity contribution in [2.45, 2.75) is 19.9 Å². The zero-order chi connectivity index (χ0) is 13.7. The fourth-order valence-electron chi connectivity index (χ4n) is 1.46. The Kier molecular flexibility index (Phi) is 4.53. The average molecular weight is 251 g/mol. The van der Waals surface area contributed by atoms with Crippen LogP contribution < -0.4 is 21.1 Å². The first-order chi connectivity index (χ1) is 8.43. The Labute approximate surface area is 105 Å². The highest BCUT2D eigenvalue weighted by Gasteiger charge is 2.15. The van der Waals surface area contributed by atoms with Crippen molar-refractivity contribution in [3.63, 3.8) is 0 Å². The summed E-state index contributed by atoms with van der Waals surface area (Å²) in [7, 11) is 1.55. The second kappa shape index (κ2) is 5.90. The predicted molar refractivity (Wildman–Crippen MR) is 68.5 cm³/mol. The van der Waals surface area contributed by atoms with E-state index in [1.807, 2.05) is 24.4 Å². The highest BCUT2D eigenvalue weighted by Crippen LogP contribution is 2.25. The second-order valence-electron chi connectivity index (χ2n) is 3.92. The van der Waals surface area contributed by atoms with Crippen LogP contribution in [-0.2, 0) is 4.79 Å². The van der Waals surface area contributed by atoms with Crippen LogP contribution in [0.2, 0.25) is 0 Å². The number of primary amides is 1. The zero-order valence-electron chi connectivity index (χ0n) is 10.6. The topological polar surface area (TPSA) is 93.4 Å². The van der Waals surface area contributed by atoms with E-state index < -0.39 is 18.0 Å². The van der Waals surface area contributed by atoms with Gasteiger partial charge in [-0.15, -0.1) is 0 Å². The van der Waals surface area contributed by atoms with Gasteiger partial charge in [-0.2, -0.15) is 0 Å². The lowest BCUT2D eigenvalue weighted by atomic mass is 10.2. The highest BCUT2D eigenvalue weighted by molar-refractivity contribution is 5.97. The van der Waals surface area contributed by atoms with E-state index >= 15 is 0 Å². The highest BCUT2D eigenvalue weighted by atomic mass is 16.5. The molecule has 0 aromatic heterocycles. The molecule has 0 fully saturated rings. The lowest BCUT2D eigenvalue weighted by Gasteiger charge is -2.16. The van der Waals surface area contributed by atoms with Crippen molar-refractivity contribution in [2.24, 2.45) is 5.73 Å². The molecule has 0 unspecified atom stereocenters. The van der Waals surface area contributed by atoms with E-state index in [9.17, 15) is 9.59 Å². The van der Waals surface area contributed by atoms with Gasteiger partial charge in [-0.3, -0.25) is 10.1 Å². The van der Waals surface area contributed by atoms with E-state index in [-0.39, 0.29) is 0 Å². The van der Waals surface area contributed by atoms with E-state index in [0.29, 0.717) is 11.4 Å². The number of amides is 3. The van der Waals surface area contributed by atoms with Crippen molar-refractivity contribution in [1.29, 1.82) is 0 Å². The Hall–Kier alpha value is -2.24. The predicted octanol–water partition coefficient (Wildman–Crippen LogP) is 0.999. The zero-order valence-corrected chi connectivity index (χ0v) is 10.6. The number of aryl methyl sites for hydroxylation is 1. The summed E-state index contributed by atoms with van der Waals surface area (Å²) >= 11 is 0. The monoisotopic (exact) mass is 251 g/mol. The molecule has 6 heteroatoms. The van der Waals surface area contributed by atoms with Crippen LogP contribution in [0, 0.1) is 6.92 Å². The third kappa shape index (κ3) is 3.65. The number of imide groups is 1. The van der Waals surface area contributed by atoms with Crippen LogP contribution in [-0.4, -0.2) is 25.1 Å². The third-order valence-electron chi connectivity index (χ3n) is 2.37. The molecule has 3 amide bonds. The quantitative estimate of drug-likeness (QED) is 0.744. The number of rotatable bonds is 4. The van der Waals surface area contributed by atoms with Crippen molar-refractivity contribution in [3.8, 4) is 5.75 Å². The molecule has 6 nitrogen and oxygen atoms in total. The summed E-state index contributed by atoms with van der Waals surface area (Å²) in [6, 6.07) is 4.08. The van der Waals surface area contributed by atoms with E-state index in [1.165, 1.54) is 0 Å². The minimum absolute atomic E-state index is 0.494. The SMILES string of the molecule is COc1ccc(C)cc1N[C@@H](C)C(=O)NC(N)=O. The summed E-state index contributed by atoms with van der Waals surface area (Å²) in [4.78, 5) is 22.1. The number of nitrogens with two attached hydrogens (primary N) is 1. The van der Waals surface area contributed by atoms with Gasteiger partial charge in [0, 0.05) is 0 Å². The number of anilines is 1. The lowest BCUT2D eigenvalue weighted by Crippen LogP contribution is -2.43. The number of methoxy groups -OCH3 is 1. The number of ether oxygens (including phenoxy) is 1. The van der Waals surface area contributed by atoms with Gasteiger partial charge in [0.15, 0.2) is 0 Å². The molecule has 1 atom stereocenters. The fourth-order valence-corrected chi connectivity index (χ4v) is 1.46. The largest absolute Gasteiger partial charge is 0.495 e. The fraction of sp³-hybridized carbons (Fsp3) is 0.333. The molecule has 1 rings (SSSR count). The van der Waals surface area contributed by atoms with E-state index in [2.05, 4.69) is 5.32 Å². The van der Waals surface area contributed by atoms with Gasteiger partial charge in [0.25, 0.3) is 0 Å². The van der Waals surface area contributed by atoms with Gasteiger partial charge in [0.1, 0.15) is 11.8 Å². The molecule has 1 aromatic rings. The Morgan fingerprint density at radius 3 is 2.61 bits per heavy atom. The maximum atomic E-state index is 11.5. The smallest absolute Gasteiger partial charge is 0.318 e. The molecule has 18 heavy (non-hydrogen) atoms. The van der Waals surface area contributed by atoms with Crippen molar-refractivity contribution in [3.05, 3.63) is 23.8 Å². The molecule has 0 aliphatic carbocycles. The van der Waals surface area contributed by atoms with Crippen molar-refractivity contribution >= 4 is 17.6 Å². The van der Waals surface area contributed by atoms with Crippen molar-refractivity contribution in [2.75, 3.05) is 12.4 Å².